The van der Waals surface area contributed by atoms with Crippen molar-refractivity contribution >= 4 is 28.0 Å². The molecule has 1 aliphatic carbocycles. The summed E-state index contributed by atoms with van der Waals surface area (Å²) < 4.78 is 34.0. The van der Waals surface area contributed by atoms with Crippen molar-refractivity contribution in [3.8, 4) is 0 Å². The molecule has 0 radical (unpaired) electrons. The lowest BCUT2D eigenvalue weighted by Crippen LogP contribution is -2.36. The fraction of sp³-hybridized carbons (Fsp3) is 0.273. The Kier molecular flexibility index (Phi) is 7.02. The second-order valence-electron chi connectivity index (χ2n) is 7.05. The number of nitrogens with one attached hydrogen (secondary N) is 1. The van der Waals surface area contributed by atoms with Gasteiger partial charge in [-0.1, -0.05) is 42.5 Å². The van der Waals surface area contributed by atoms with E-state index >= 15 is 0 Å². The largest absolute Gasteiger partial charge is 0.478 e. The lowest BCUT2D eigenvalue weighted by atomic mass is 10.1. The fourth-order valence-corrected chi connectivity index (χ4v) is 4.54. The highest BCUT2D eigenvalue weighted by molar-refractivity contribution is 7.89. The lowest BCUT2D eigenvalue weighted by molar-refractivity contribution is -0.151. The van der Waals surface area contributed by atoms with E-state index in [-0.39, 0.29) is 11.0 Å². The van der Waals surface area contributed by atoms with Gasteiger partial charge in [0.05, 0.1) is 4.90 Å². The van der Waals surface area contributed by atoms with E-state index in [9.17, 15) is 18.0 Å². The van der Waals surface area contributed by atoms with Crippen LogP contribution in [0.4, 0.5) is 0 Å². The first-order valence-corrected chi connectivity index (χ1v) is 11.1. The Morgan fingerprint density at radius 3 is 2.43 bits per heavy atom. The first-order valence-electron chi connectivity index (χ1n) is 9.64. The summed E-state index contributed by atoms with van der Waals surface area (Å²) in [6.45, 7) is 0. The molecule has 1 fully saturated rings. The number of benzene rings is 2. The van der Waals surface area contributed by atoms with Gasteiger partial charge in [0.15, 0.2) is 0 Å². The van der Waals surface area contributed by atoms with Crippen molar-refractivity contribution in [1.29, 1.82) is 0 Å². The molecular weight excluding hydrogens is 406 g/mol. The van der Waals surface area contributed by atoms with E-state index in [4.69, 9.17) is 9.84 Å². The Labute approximate surface area is 175 Å². The van der Waals surface area contributed by atoms with Crippen LogP contribution in [0, 0.1) is 0 Å². The number of carbonyl (C=O) groups excluding carboxylic acids is 1. The van der Waals surface area contributed by atoms with Gasteiger partial charge in [-0.25, -0.2) is 18.0 Å². The number of carbonyl (C=O) groups is 2. The van der Waals surface area contributed by atoms with Gasteiger partial charge in [-0.3, -0.25) is 0 Å². The normalized spacial score (nSPS) is 15.9. The summed E-state index contributed by atoms with van der Waals surface area (Å²) in [4.78, 5) is 23.5. The van der Waals surface area contributed by atoms with Crippen LogP contribution in [0.25, 0.3) is 6.08 Å². The Hall–Kier alpha value is -2.97. The van der Waals surface area contributed by atoms with E-state index in [2.05, 4.69) is 4.72 Å². The number of hydrogen-bond acceptors (Lipinski definition) is 5. The molecule has 0 aliphatic heterocycles. The molecule has 1 atom stereocenters. The minimum Gasteiger partial charge on any atom is -0.478 e. The zero-order chi connectivity index (χ0) is 21.6. The number of sulfonamides is 1. The van der Waals surface area contributed by atoms with Gasteiger partial charge >= 0.3 is 11.9 Å². The third kappa shape index (κ3) is 5.77. The number of esters is 1. The number of aliphatic carboxylic acids is 1. The third-order valence-corrected chi connectivity index (χ3v) is 6.23. The maximum absolute atomic E-state index is 13.0. The van der Waals surface area contributed by atoms with Gasteiger partial charge in [0.1, 0.15) is 12.1 Å². The summed E-state index contributed by atoms with van der Waals surface area (Å²) in [6, 6.07) is 13.2. The molecule has 3 rings (SSSR count). The first-order chi connectivity index (χ1) is 14.3. The summed E-state index contributed by atoms with van der Waals surface area (Å²) in [7, 11) is -4.08. The quantitative estimate of drug-likeness (QED) is 0.492. The summed E-state index contributed by atoms with van der Waals surface area (Å²) in [5.74, 6) is -1.78. The predicted octanol–water partition coefficient (Wildman–Crippen LogP) is 3.29. The van der Waals surface area contributed by atoms with Crippen molar-refractivity contribution in [1.82, 2.24) is 4.72 Å². The summed E-state index contributed by atoms with van der Waals surface area (Å²) in [6.07, 6.45) is 5.54. The number of ether oxygens (including phenoxy) is 1. The number of carboxylic acid groups (broad SMARTS) is 1. The van der Waals surface area contributed by atoms with E-state index in [1.165, 1.54) is 24.3 Å². The highest BCUT2D eigenvalue weighted by Crippen LogP contribution is 2.25. The number of rotatable bonds is 8. The van der Waals surface area contributed by atoms with Gasteiger partial charge in [-0.2, -0.15) is 4.72 Å². The van der Waals surface area contributed by atoms with E-state index in [1.807, 2.05) is 0 Å². The average molecular weight is 429 g/mol. The average Bonchev–Trinajstić information content (AvgIpc) is 3.24. The van der Waals surface area contributed by atoms with Crippen LogP contribution in [0.3, 0.4) is 0 Å². The topological polar surface area (TPSA) is 110 Å². The monoisotopic (exact) mass is 429 g/mol. The number of carboxylic acids is 1. The van der Waals surface area contributed by atoms with Crippen LogP contribution in [0.2, 0.25) is 0 Å². The molecule has 30 heavy (non-hydrogen) atoms. The predicted molar refractivity (Wildman–Crippen MR) is 111 cm³/mol. The number of hydrogen-bond donors (Lipinski definition) is 2. The second-order valence-corrected chi connectivity index (χ2v) is 8.77. The Morgan fingerprint density at radius 1 is 1.07 bits per heavy atom. The molecule has 158 valence electrons. The molecule has 0 aromatic heterocycles. The van der Waals surface area contributed by atoms with Crippen LogP contribution in [0.15, 0.2) is 65.6 Å². The zero-order valence-corrected chi connectivity index (χ0v) is 17.0. The molecule has 2 aromatic rings. The first kappa shape index (κ1) is 21.7. The molecule has 7 nitrogen and oxygen atoms in total. The summed E-state index contributed by atoms with van der Waals surface area (Å²) >= 11 is 0. The van der Waals surface area contributed by atoms with Crippen molar-refractivity contribution < 1.29 is 27.9 Å². The van der Waals surface area contributed by atoms with Crippen molar-refractivity contribution in [3.63, 3.8) is 0 Å². The molecule has 0 heterocycles. The Bertz CT molecular complexity index is 1030. The van der Waals surface area contributed by atoms with Gasteiger partial charge in [0.25, 0.3) is 0 Å². The molecule has 0 spiro atoms. The molecule has 0 bridgehead atoms. The molecule has 1 saturated carbocycles. The standard InChI is InChI=1S/C22H23NO6S/c24-20(25)14-13-16-7-6-12-19(15-16)30(27,28)23-21(17-8-2-1-3-9-17)22(26)29-18-10-4-5-11-18/h1-3,6-9,12-15,18,21,23H,4-5,10-11H2,(H,24,25)/t21-/m0/s1. The van der Waals surface area contributed by atoms with Gasteiger partial charge in [0, 0.05) is 6.08 Å². The van der Waals surface area contributed by atoms with Crippen molar-refractivity contribution in [3.05, 3.63) is 71.8 Å². The maximum atomic E-state index is 13.0. The highest BCUT2D eigenvalue weighted by Gasteiger charge is 2.31. The Balaban J connectivity index is 1.86. The minimum atomic E-state index is -4.08. The SMILES string of the molecule is O=C(O)C=Cc1cccc(S(=O)(=O)N[C@H](C(=O)OC2CCCC2)c2ccccc2)c1. The fourth-order valence-electron chi connectivity index (χ4n) is 3.31. The zero-order valence-electron chi connectivity index (χ0n) is 16.2. The van der Waals surface area contributed by atoms with Gasteiger partial charge in [-0.05, 0) is 55.0 Å². The van der Waals surface area contributed by atoms with Crippen molar-refractivity contribution in [2.45, 2.75) is 42.7 Å². The van der Waals surface area contributed by atoms with Gasteiger partial charge in [0.2, 0.25) is 10.0 Å². The molecular formula is C22H23NO6S. The van der Waals surface area contributed by atoms with Crippen LogP contribution in [0.1, 0.15) is 42.9 Å². The van der Waals surface area contributed by atoms with Crippen molar-refractivity contribution in [2.24, 2.45) is 0 Å². The van der Waals surface area contributed by atoms with Crippen LogP contribution >= 0.6 is 0 Å². The molecule has 2 aromatic carbocycles. The summed E-state index contributed by atoms with van der Waals surface area (Å²) in [5.41, 5.74) is 0.885. The van der Waals surface area contributed by atoms with E-state index in [0.29, 0.717) is 11.1 Å². The maximum Gasteiger partial charge on any atom is 0.329 e. The lowest BCUT2D eigenvalue weighted by Gasteiger charge is -2.20. The van der Waals surface area contributed by atoms with Gasteiger partial charge < -0.3 is 9.84 Å². The van der Waals surface area contributed by atoms with Crippen LogP contribution < -0.4 is 4.72 Å². The van der Waals surface area contributed by atoms with Crippen LogP contribution in [-0.4, -0.2) is 31.6 Å². The van der Waals surface area contributed by atoms with E-state index < -0.39 is 28.0 Å². The minimum absolute atomic E-state index is 0.0790. The van der Waals surface area contributed by atoms with E-state index in [0.717, 1.165) is 31.8 Å². The molecule has 2 N–H and O–H groups in total. The van der Waals surface area contributed by atoms with Crippen molar-refractivity contribution in [2.75, 3.05) is 0 Å². The Morgan fingerprint density at radius 2 is 1.77 bits per heavy atom. The molecule has 1 aliphatic rings. The summed E-state index contributed by atoms with van der Waals surface area (Å²) in [5, 5.41) is 8.76. The van der Waals surface area contributed by atoms with E-state index in [1.54, 1.807) is 36.4 Å². The smallest absolute Gasteiger partial charge is 0.329 e. The second kappa shape index (κ2) is 9.69. The molecule has 0 amide bonds. The molecule has 0 unspecified atom stereocenters. The van der Waals surface area contributed by atoms with Crippen LogP contribution in [-0.2, 0) is 24.3 Å². The molecule has 8 heteroatoms. The molecule has 0 saturated heterocycles. The van der Waals surface area contributed by atoms with Crippen LogP contribution in [0.5, 0.6) is 0 Å². The third-order valence-electron chi connectivity index (χ3n) is 4.81. The highest BCUT2D eigenvalue weighted by atomic mass is 32.2. The van der Waals surface area contributed by atoms with Gasteiger partial charge in [-0.15, -0.1) is 0 Å².